The average Bonchev–Trinajstić information content (AvgIpc) is 3.29. The molecule has 1 aliphatic heterocycles. The molecule has 0 bridgehead atoms. The number of unbranched alkanes of at least 4 members (excludes halogenated alkanes) is 25. The zero-order valence-corrected chi connectivity index (χ0v) is 40.9. The van der Waals surface area contributed by atoms with E-state index >= 15 is 0 Å². The van der Waals surface area contributed by atoms with E-state index in [-0.39, 0.29) is 19.4 Å². The maximum Gasteiger partial charge on any atom is 0.306 e. The summed E-state index contributed by atoms with van der Waals surface area (Å²) in [6.07, 6.45) is 36.3. The van der Waals surface area contributed by atoms with Crippen molar-refractivity contribution in [3.63, 3.8) is 0 Å². The van der Waals surface area contributed by atoms with Gasteiger partial charge in [0.1, 0.15) is 24.4 Å². The molecule has 11 nitrogen and oxygen atoms in total. The van der Waals surface area contributed by atoms with Gasteiger partial charge in [0.2, 0.25) is 5.91 Å². The van der Waals surface area contributed by atoms with Gasteiger partial charge in [-0.25, -0.2) is 0 Å². The van der Waals surface area contributed by atoms with Crippen LogP contribution >= 0.6 is 0 Å². The molecule has 0 spiro atoms. The third-order valence-corrected chi connectivity index (χ3v) is 12.3. The molecule has 0 radical (unpaired) electrons. The number of nitrogens with one attached hydrogen (secondary N) is 1. The summed E-state index contributed by atoms with van der Waals surface area (Å²) in [4.78, 5) is 26.3. The minimum absolute atomic E-state index is 0.104. The quantitative estimate of drug-likeness (QED) is 0.0196. The number of rotatable bonds is 43. The highest BCUT2D eigenvalue weighted by molar-refractivity contribution is 5.80. The Morgan fingerprint density at radius 3 is 1.56 bits per heavy atom. The lowest BCUT2D eigenvalue weighted by Gasteiger charge is -2.41. The monoisotopic (exact) mass is 908 g/mol. The largest absolute Gasteiger partial charge is 0.454 e. The Morgan fingerprint density at radius 1 is 0.594 bits per heavy atom. The molecule has 8 atom stereocenters. The third kappa shape index (κ3) is 31.0. The lowest BCUT2D eigenvalue weighted by Crippen LogP contribution is -2.61. The molecule has 1 saturated heterocycles. The fraction of sp³-hybridized carbons (Fsp3) is 0.849. The summed E-state index contributed by atoms with van der Waals surface area (Å²) in [5.41, 5.74) is 0. The van der Waals surface area contributed by atoms with E-state index in [0.29, 0.717) is 12.8 Å². The Morgan fingerprint density at radius 2 is 1.05 bits per heavy atom. The predicted octanol–water partition coefficient (Wildman–Crippen LogP) is 10.8. The number of amides is 1. The summed E-state index contributed by atoms with van der Waals surface area (Å²) in [7, 11) is 0. The van der Waals surface area contributed by atoms with Gasteiger partial charge in [0.25, 0.3) is 0 Å². The number of aliphatic hydroxyl groups excluding tert-OH is 5. The van der Waals surface area contributed by atoms with Crippen molar-refractivity contribution in [1.82, 2.24) is 5.32 Å². The van der Waals surface area contributed by atoms with Gasteiger partial charge in [-0.3, -0.25) is 9.59 Å². The van der Waals surface area contributed by atoms with Crippen molar-refractivity contribution in [2.24, 2.45) is 0 Å². The number of esters is 1. The summed E-state index contributed by atoms with van der Waals surface area (Å²) >= 11 is 0. The number of aliphatic hydroxyl groups is 5. The average molecular weight is 908 g/mol. The van der Waals surface area contributed by atoms with Crippen LogP contribution in [0.25, 0.3) is 0 Å². The summed E-state index contributed by atoms with van der Waals surface area (Å²) in [5.74, 6) is -1.22. The molecule has 374 valence electrons. The Kier molecular flexibility index (Phi) is 39.5. The number of hydrogen-bond donors (Lipinski definition) is 6. The first kappa shape index (κ1) is 59.9. The van der Waals surface area contributed by atoms with Crippen LogP contribution in [-0.2, 0) is 23.8 Å². The van der Waals surface area contributed by atoms with Crippen LogP contribution in [0.1, 0.15) is 226 Å². The van der Waals surface area contributed by atoms with Crippen LogP contribution in [-0.4, -0.2) is 99.6 Å². The van der Waals surface area contributed by atoms with Crippen LogP contribution < -0.4 is 5.32 Å². The van der Waals surface area contributed by atoms with Gasteiger partial charge in [0, 0.05) is 6.42 Å². The fourth-order valence-corrected chi connectivity index (χ4v) is 7.98. The molecule has 11 heteroatoms. The van der Waals surface area contributed by atoms with Crippen molar-refractivity contribution in [2.75, 3.05) is 13.2 Å². The Labute approximate surface area is 390 Å². The predicted molar refractivity (Wildman–Crippen MR) is 260 cm³/mol. The van der Waals surface area contributed by atoms with Gasteiger partial charge in [-0.1, -0.05) is 186 Å². The van der Waals surface area contributed by atoms with Crippen molar-refractivity contribution in [1.29, 1.82) is 0 Å². The summed E-state index contributed by atoms with van der Waals surface area (Å²) in [6, 6.07) is -1.03. The number of carbonyl (C=O) groups excluding carboxylic acids is 2. The van der Waals surface area contributed by atoms with Crippen molar-refractivity contribution in [3.05, 3.63) is 36.5 Å². The van der Waals surface area contributed by atoms with Crippen LogP contribution in [0.2, 0.25) is 0 Å². The second-order valence-electron chi connectivity index (χ2n) is 18.2. The molecule has 0 saturated carbocycles. The Bertz CT molecular complexity index is 1180. The molecule has 0 aromatic rings. The third-order valence-electron chi connectivity index (χ3n) is 12.3. The van der Waals surface area contributed by atoms with Crippen LogP contribution in [0.5, 0.6) is 0 Å². The summed E-state index contributed by atoms with van der Waals surface area (Å²) < 4.78 is 17.5. The second-order valence-corrected chi connectivity index (χ2v) is 18.2. The molecule has 1 fully saturated rings. The first-order chi connectivity index (χ1) is 31.2. The van der Waals surface area contributed by atoms with Crippen LogP contribution in [0.15, 0.2) is 36.5 Å². The molecule has 64 heavy (non-hydrogen) atoms. The van der Waals surface area contributed by atoms with Gasteiger partial charge in [-0.15, -0.1) is 0 Å². The minimum atomic E-state index is -1.62. The normalized spacial score (nSPS) is 20.7. The maximum absolute atomic E-state index is 13.3. The van der Waals surface area contributed by atoms with E-state index in [1.807, 2.05) is 6.08 Å². The van der Waals surface area contributed by atoms with E-state index < -0.39 is 67.4 Å². The van der Waals surface area contributed by atoms with E-state index in [1.54, 1.807) is 6.08 Å². The van der Waals surface area contributed by atoms with Crippen molar-refractivity contribution in [3.8, 4) is 0 Å². The first-order valence-electron chi connectivity index (χ1n) is 26.3. The van der Waals surface area contributed by atoms with Gasteiger partial charge >= 0.3 is 5.97 Å². The number of carbonyl (C=O) groups is 2. The van der Waals surface area contributed by atoms with Crippen molar-refractivity contribution in [2.45, 2.75) is 275 Å². The highest BCUT2D eigenvalue weighted by atomic mass is 16.7. The van der Waals surface area contributed by atoms with E-state index in [2.05, 4.69) is 50.4 Å². The zero-order valence-electron chi connectivity index (χ0n) is 40.9. The molecule has 1 rings (SSSR count). The Hall–Kier alpha value is -2.12. The minimum Gasteiger partial charge on any atom is -0.454 e. The van der Waals surface area contributed by atoms with E-state index in [0.717, 1.165) is 77.0 Å². The fourth-order valence-electron chi connectivity index (χ4n) is 7.98. The molecule has 8 unspecified atom stereocenters. The molecule has 0 aromatic heterocycles. The topological polar surface area (TPSA) is 175 Å². The molecule has 0 aromatic carbocycles. The highest BCUT2D eigenvalue weighted by Crippen LogP contribution is 2.26. The Balaban J connectivity index is 2.78. The lowest BCUT2D eigenvalue weighted by atomic mass is 9.99. The SMILES string of the molecule is CCCC/C=C\CCCCCCC(O)C(=O)NC(COC1OC(CO)C(O)C(O)C1OC(=O)CCCCC/C=C\CCCCCCCCC)C(O)/C=C/CCCCCCCCCCC. The molecule has 1 heterocycles. The van der Waals surface area contributed by atoms with Crippen molar-refractivity contribution < 1.29 is 49.3 Å². The maximum atomic E-state index is 13.3. The van der Waals surface area contributed by atoms with Gasteiger partial charge in [-0.2, -0.15) is 0 Å². The smallest absolute Gasteiger partial charge is 0.306 e. The molecule has 6 N–H and O–H groups in total. The standard InChI is InChI=1S/C53H97NO10/c1-4-7-10-13-16-19-22-23-24-26-29-32-35-38-41-48(58)64-51-50(60)49(59)47(42-55)63-53(51)62-43-44(45(56)39-36-33-30-28-25-20-17-14-11-8-5-2)54-52(61)46(57)40-37-34-31-27-21-18-15-12-9-6-3/h15,18,24,26,36,39,44-47,49-51,53,55-57,59-60H,4-14,16-17,19-23,25,27-35,37-38,40-43H2,1-3H3,(H,54,61)/b18-15-,26-24-,39-36+. The van der Waals surface area contributed by atoms with Gasteiger partial charge < -0.3 is 45.1 Å². The molecular weight excluding hydrogens is 811 g/mol. The number of ether oxygens (including phenoxy) is 3. The second kappa shape index (κ2) is 42.2. The van der Waals surface area contributed by atoms with Crippen LogP contribution in [0, 0.1) is 0 Å². The van der Waals surface area contributed by atoms with Crippen LogP contribution in [0.4, 0.5) is 0 Å². The molecule has 0 aliphatic carbocycles. The van der Waals surface area contributed by atoms with Crippen molar-refractivity contribution >= 4 is 11.9 Å². The molecular formula is C53H97NO10. The van der Waals surface area contributed by atoms with E-state index in [1.165, 1.54) is 103 Å². The zero-order chi connectivity index (χ0) is 46.9. The number of hydrogen-bond acceptors (Lipinski definition) is 10. The summed E-state index contributed by atoms with van der Waals surface area (Å²) in [6.45, 7) is 5.68. The van der Waals surface area contributed by atoms with Crippen LogP contribution in [0.3, 0.4) is 0 Å². The van der Waals surface area contributed by atoms with Gasteiger partial charge in [0.15, 0.2) is 12.4 Å². The highest BCUT2D eigenvalue weighted by Gasteiger charge is 2.47. The van der Waals surface area contributed by atoms with E-state index in [9.17, 15) is 35.1 Å². The molecule has 1 amide bonds. The van der Waals surface area contributed by atoms with Gasteiger partial charge in [0.05, 0.1) is 25.4 Å². The lowest BCUT2D eigenvalue weighted by molar-refractivity contribution is -0.305. The first-order valence-corrected chi connectivity index (χ1v) is 26.3. The van der Waals surface area contributed by atoms with E-state index in [4.69, 9.17) is 14.2 Å². The summed E-state index contributed by atoms with van der Waals surface area (Å²) in [5, 5.41) is 56.5. The van der Waals surface area contributed by atoms with Gasteiger partial charge in [-0.05, 0) is 70.6 Å². The molecule has 1 aliphatic rings. The number of allylic oxidation sites excluding steroid dienone is 5.